The molecule has 5 atom stereocenters. The maximum atomic E-state index is 13.3. The monoisotopic (exact) mass is 493 g/mol. The molecule has 2 aromatic carbocycles. The molecule has 1 aliphatic carbocycles. The van der Waals surface area contributed by atoms with Gasteiger partial charge < -0.3 is 30.1 Å². The molecule has 3 aliphatic rings. The van der Waals surface area contributed by atoms with Gasteiger partial charge in [-0.25, -0.2) is 0 Å². The van der Waals surface area contributed by atoms with Crippen LogP contribution >= 0.6 is 0 Å². The van der Waals surface area contributed by atoms with E-state index in [0.717, 1.165) is 11.1 Å². The molecule has 190 valence electrons. The lowest BCUT2D eigenvalue weighted by atomic mass is 9.86. The summed E-state index contributed by atoms with van der Waals surface area (Å²) in [5.74, 6) is 0.953. The van der Waals surface area contributed by atoms with Crippen molar-refractivity contribution in [3.63, 3.8) is 0 Å². The van der Waals surface area contributed by atoms with Crippen LogP contribution in [-0.2, 0) is 4.79 Å². The molecule has 9 nitrogen and oxygen atoms in total. The summed E-state index contributed by atoms with van der Waals surface area (Å²) >= 11 is 0. The molecule has 9 heteroatoms. The summed E-state index contributed by atoms with van der Waals surface area (Å²) in [7, 11) is 1.55. The first-order valence-corrected chi connectivity index (χ1v) is 12.3. The third-order valence-corrected chi connectivity index (χ3v) is 7.47. The first-order chi connectivity index (χ1) is 17.3. The lowest BCUT2D eigenvalue weighted by Gasteiger charge is -2.19. The predicted molar refractivity (Wildman–Crippen MR) is 131 cm³/mol. The van der Waals surface area contributed by atoms with Gasteiger partial charge in [-0.3, -0.25) is 14.4 Å². The fourth-order valence-electron chi connectivity index (χ4n) is 5.60. The van der Waals surface area contributed by atoms with Crippen LogP contribution in [0.1, 0.15) is 51.6 Å². The summed E-state index contributed by atoms with van der Waals surface area (Å²) < 4.78 is 11.7. The summed E-state index contributed by atoms with van der Waals surface area (Å²) in [6.45, 7) is 4.94. The second-order valence-corrected chi connectivity index (χ2v) is 9.72. The van der Waals surface area contributed by atoms with Gasteiger partial charge in [-0.15, -0.1) is 0 Å². The quantitative estimate of drug-likeness (QED) is 0.539. The van der Waals surface area contributed by atoms with E-state index in [-0.39, 0.29) is 60.8 Å². The van der Waals surface area contributed by atoms with E-state index in [1.165, 1.54) is 0 Å². The van der Waals surface area contributed by atoms with E-state index in [1.54, 1.807) is 20.0 Å². The van der Waals surface area contributed by atoms with Gasteiger partial charge in [-0.1, -0.05) is 12.1 Å². The van der Waals surface area contributed by atoms with Crippen LogP contribution in [0.5, 0.6) is 11.5 Å². The van der Waals surface area contributed by atoms with E-state index >= 15 is 0 Å². The molecule has 1 unspecified atom stereocenters. The van der Waals surface area contributed by atoms with Gasteiger partial charge in [0.25, 0.3) is 11.8 Å². The number of likely N-dealkylation sites (tertiary alicyclic amines) is 1. The lowest BCUT2D eigenvalue weighted by Crippen LogP contribution is -2.36. The standard InChI is InChI=1S/C27H31N3O6/c1-14-23(16-5-4-6-18(9-16)35-8-7-31)19-10-17(11-20(25(19)36-14)27(34)28-3)26(33)29-24-21-12-30(15(2)32)13-22(21)24/h4-6,9-11,14,21-24,31H,7-8,12-13H2,1-3H3,(H,28,34)(H,29,33)/t14-,21-,22+,23+,24?/m1/s1. The molecule has 1 saturated heterocycles. The number of ether oxygens (including phenoxy) is 2. The molecule has 3 N–H and O–H groups in total. The van der Waals surface area contributed by atoms with Crippen LogP contribution in [0.2, 0.25) is 0 Å². The van der Waals surface area contributed by atoms with Crippen molar-refractivity contribution in [2.24, 2.45) is 11.8 Å². The van der Waals surface area contributed by atoms with Crippen LogP contribution in [0, 0.1) is 11.8 Å². The van der Waals surface area contributed by atoms with Crippen molar-refractivity contribution in [2.75, 3.05) is 33.4 Å². The highest BCUT2D eigenvalue weighted by molar-refractivity contribution is 6.02. The smallest absolute Gasteiger partial charge is 0.254 e. The number of carbonyl (C=O) groups excluding carboxylic acids is 3. The fraction of sp³-hybridized carbons (Fsp3) is 0.444. The van der Waals surface area contributed by atoms with Gasteiger partial charge in [0.15, 0.2) is 0 Å². The number of hydrogen-bond acceptors (Lipinski definition) is 6. The molecule has 2 fully saturated rings. The Morgan fingerprint density at radius 2 is 1.89 bits per heavy atom. The SMILES string of the molecule is CNC(=O)c1cc(C(=O)NC2[C@H]3CN(C(C)=O)C[C@@H]23)cc2c1O[C@H](C)[C@H]2c1cccc(OCCO)c1. The number of carbonyl (C=O) groups is 3. The minimum Gasteiger partial charge on any atom is -0.491 e. The second-order valence-electron chi connectivity index (χ2n) is 9.72. The van der Waals surface area contributed by atoms with Crippen molar-refractivity contribution < 1.29 is 29.0 Å². The molecule has 5 rings (SSSR count). The second kappa shape index (κ2) is 9.46. The molecule has 0 spiro atoms. The average Bonchev–Trinajstić information content (AvgIpc) is 3.19. The Morgan fingerprint density at radius 1 is 1.14 bits per heavy atom. The topological polar surface area (TPSA) is 117 Å². The Labute approximate surface area is 209 Å². The summed E-state index contributed by atoms with van der Waals surface area (Å²) in [5, 5.41) is 14.8. The average molecular weight is 494 g/mol. The van der Waals surface area contributed by atoms with Crippen LogP contribution in [-0.4, -0.2) is 73.2 Å². The van der Waals surface area contributed by atoms with Crippen LogP contribution < -0.4 is 20.1 Å². The fourth-order valence-corrected chi connectivity index (χ4v) is 5.60. The van der Waals surface area contributed by atoms with Gasteiger partial charge in [0.2, 0.25) is 5.91 Å². The number of piperidine rings is 1. The van der Waals surface area contributed by atoms with Gasteiger partial charge >= 0.3 is 0 Å². The van der Waals surface area contributed by atoms with E-state index in [2.05, 4.69) is 10.6 Å². The number of aliphatic hydroxyl groups is 1. The van der Waals surface area contributed by atoms with E-state index in [4.69, 9.17) is 14.6 Å². The summed E-state index contributed by atoms with van der Waals surface area (Å²) in [5.41, 5.74) is 2.42. The zero-order valence-corrected chi connectivity index (χ0v) is 20.6. The van der Waals surface area contributed by atoms with Gasteiger partial charge in [0.1, 0.15) is 24.2 Å². The summed E-state index contributed by atoms with van der Waals surface area (Å²) in [6, 6.07) is 11.0. The van der Waals surface area contributed by atoms with Crippen molar-refractivity contribution >= 4 is 17.7 Å². The third-order valence-electron chi connectivity index (χ3n) is 7.47. The predicted octanol–water partition coefficient (Wildman–Crippen LogP) is 1.54. The molecule has 0 bridgehead atoms. The van der Waals surface area contributed by atoms with E-state index in [0.29, 0.717) is 35.7 Å². The largest absolute Gasteiger partial charge is 0.491 e. The van der Waals surface area contributed by atoms with Gasteiger partial charge in [-0.05, 0) is 36.8 Å². The van der Waals surface area contributed by atoms with Gasteiger partial charge in [0, 0.05) is 62.0 Å². The number of nitrogens with zero attached hydrogens (tertiary/aromatic N) is 1. The summed E-state index contributed by atoms with van der Waals surface area (Å²) in [6.07, 6.45) is -0.268. The number of fused-ring (bicyclic) bond motifs is 2. The molecule has 36 heavy (non-hydrogen) atoms. The normalized spacial score (nSPS) is 25.4. The number of benzene rings is 2. The van der Waals surface area contributed by atoms with Crippen LogP contribution in [0.4, 0.5) is 0 Å². The number of amides is 3. The minimum atomic E-state index is -0.325. The highest BCUT2D eigenvalue weighted by atomic mass is 16.5. The number of aliphatic hydroxyl groups excluding tert-OH is 1. The van der Waals surface area contributed by atoms with Crippen molar-refractivity contribution in [3.05, 3.63) is 58.7 Å². The molecule has 2 heterocycles. The first kappa shape index (κ1) is 24.1. The zero-order valence-electron chi connectivity index (χ0n) is 20.6. The molecule has 2 aliphatic heterocycles. The zero-order chi connectivity index (χ0) is 25.6. The Bertz CT molecular complexity index is 1200. The maximum Gasteiger partial charge on any atom is 0.254 e. The molecule has 3 amide bonds. The molecule has 1 saturated carbocycles. The molecular formula is C27H31N3O6. The summed E-state index contributed by atoms with van der Waals surface area (Å²) in [4.78, 5) is 39.5. The Kier molecular flexibility index (Phi) is 6.34. The number of hydrogen-bond donors (Lipinski definition) is 3. The molecular weight excluding hydrogens is 462 g/mol. The van der Waals surface area contributed by atoms with Crippen LogP contribution in [0.25, 0.3) is 0 Å². The Morgan fingerprint density at radius 3 is 2.56 bits per heavy atom. The molecule has 0 aromatic heterocycles. The lowest BCUT2D eigenvalue weighted by molar-refractivity contribution is -0.128. The van der Waals surface area contributed by atoms with Crippen molar-refractivity contribution in [3.8, 4) is 11.5 Å². The van der Waals surface area contributed by atoms with Crippen molar-refractivity contribution in [2.45, 2.75) is 31.9 Å². The molecule has 0 radical (unpaired) electrons. The number of rotatable bonds is 7. The first-order valence-electron chi connectivity index (χ1n) is 12.3. The van der Waals surface area contributed by atoms with E-state index in [1.807, 2.05) is 42.2 Å². The highest BCUT2D eigenvalue weighted by Crippen LogP contribution is 2.47. The molecule has 2 aromatic rings. The number of nitrogens with one attached hydrogen (secondary N) is 2. The van der Waals surface area contributed by atoms with E-state index in [9.17, 15) is 14.4 Å². The van der Waals surface area contributed by atoms with Gasteiger partial charge in [0.05, 0.1) is 12.2 Å². The van der Waals surface area contributed by atoms with Gasteiger partial charge in [-0.2, -0.15) is 0 Å². The Balaban J connectivity index is 1.44. The maximum absolute atomic E-state index is 13.3. The minimum absolute atomic E-state index is 0.0381. The van der Waals surface area contributed by atoms with Crippen LogP contribution in [0.15, 0.2) is 36.4 Å². The highest BCUT2D eigenvalue weighted by Gasteiger charge is 2.57. The van der Waals surface area contributed by atoms with E-state index < -0.39 is 0 Å². The van der Waals surface area contributed by atoms with Crippen LogP contribution in [0.3, 0.4) is 0 Å². The van der Waals surface area contributed by atoms with Crippen molar-refractivity contribution in [1.82, 2.24) is 15.5 Å². The Hall–Kier alpha value is -3.59. The third kappa shape index (κ3) is 4.28. The van der Waals surface area contributed by atoms with Crippen molar-refractivity contribution in [1.29, 1.82) is 0 Å².